The van der Waals surface area contributed by atoms with Gasteiger partial charge in [0.25, 0.3) is 0 Å². The lowest BCUT2D eigenvalue weighted by atomic mass is 10.0. The fourth-order valence-electron chi connectivity index (χ4n) is 2.82. The van der Waals surface area contributed by atoms with Crippen molar-refractivity contribution in [2.45, 2.75) is 26.7 Å². The molecule has 2 rings (SSSR count). The maximum atomic E-state index is 12.4. The zero-order chi connectivity index (χ0) is 20.8. The molecule has 28 heavy (non-hydrogen) atoms. The highest BCUT2D eigenvalue weighted by Crippen LogP contribution is 2.29. The summed E-state index contributed by atoms with van der Waals surface area (Å²) >= 11 is 0. The standard InChI is InChI=1S/C19H22N2O7/c1-10-12-4-6-14(27-3)11(2)18(12)28-19(26)13(10)5-7-15(22)20-8-16(23)21-9-17(24)25/h4,6H,5,7-9H2,1-3H3,(H,20,22)(H,21,23)(H,24,25)/p-1. The molecule has 9 heteroatoms. The lowest BCUT2D eigenvalue weighted by Crippen LogP contribution is -2.42. The Morgan fingerprint density at radius 3 is 2.39 bits per heavy atom. The smallest absolute Gasteiger partial charge is 0.339 e. The van der Waals surface area contributed by atoms with Crippen LogP contribution in [-0.4, -0.2) is 38.0 Å². The van der Waals surface area contributed by atoms with Crippen LogP contribution < -0.4 is 26.1 Å². The number of carbonyl (C=O) groups excluding carboxylic acids is 3. The van der Waals surface area contributed by atoms with Gasteiger partial charge in [-0.2, -0.15) is 0 Å². The maximum Gasteiger partial charge on any atom is 0.339 e. The topological polar surface area (TPSA) is 138 Å². The van der Waals surface area contributed by atoms with Crippen LogP contribution in [0.4, 0.5) is 0 Å². The van der Waals surface area contributed by atoms with E-state index in [1.807, 2.05) is 0 Å². The number of rotatable bonds is 8. The number of carboxylic acids is 1. The third-order valence-corrected chi connectivity index (χ3v) is 4.35. The largest absolute Gasteiger partial charge is 0.548 e. The molecule has 1 aromatic heterocycles. The van der Waals surface area contributed by atoms with E-state index in [1.165, 1.54) is 7.11 Å². The van der Waals surface area contributed by atoms with Crippen LogP contribution in [0, 0.1) is 13.8 Å². The van der Waals surface area contributed by atoms with Crippen molar-refractivity contribution in [1.29, 1.82) is 0 Å². The van der Waals surface area contributed by atoms with Crippen molar-refractivity contribution in [3.05, 3.63) is 39.2 Å². The number of benzene rings is 1. The summed E-state index contributed by atoms with van der Waals surface area (Å²) < 4.78 is 10.7. The molecule has 0 aliphatic rings. The van der Waals surface area contributed by atoms with Crippen molar-refractivity contribution in [3.63, 3.8) is 0 Å². The van der Waals surface area contributed by atoms with E-state index in [0.29, 0.717) is 22.5 Å². The molecule has 2 aromatic rings. The number of carbonyl (C=O) groups is 3. The summed E-state index contributed by atoms with van der Waals surface area (Å²) in [7, 11) is 1.53. The predicted molar refractivity (Wildman–Crippen MR) is 97.9 cm³/mol. The molecule has 1 aromatic carbocycles. The van der Waals surface area contributed by atoms with Crippen molar-refractivity contribution in [2.24, 2.45) is 0 Å². The van der Waals surface area contributed by atoms with E-state index in [0.717, 1.165) is 10.9 Å². The number of ether oxygens (including phenoxy) is 1. The number of methoxy groups -OCH3 is 1. The van der Waals surface area contributed by atoms with Crippen LogP contribution >= 0.6 is 0 Å². The average molecular weight is 389 g/mol. The van der Waals surface area contributed by atoms with E-state index in [9.17, 15) is 24.3 Å². The molecular formula is C19H21N2O7-. The van der Waals surface area contributed by atoms with Gasteiger partial charge in [0, 0.05) is 22.9 Å². The SMILES string of the molecule is COc1ccc2c(C)c(CCC(=O)NCC(=O)NCC(=O)[O-])c(=O)oc2c1C. The van der Waals surface area contributed by atoms with E-state index in [2.05, 4.69) is 10.6 Å². The second-order valence-corrected chi connectivity index (χ2v) is 6.19. The third kappa shape index (κ3) is 4.87. The molecule has 0 aliphatic carbocycles. The van der Waals surface area contributed by atoms with Crippen molar-refractivity contribution < 1.29 is 28.6 Å². The monoisotopic (exact) mass is 389 g/mol. The summed E-state index contributed by atoms with van der Waals surface area (Å²) in [6, 6.07) is 3.58. The number of fused-ring (bicyclic) bond motifs is 1. The summed E-state index contributed by atoms with van der Waals surface area (Å²) in [5.74, 6) is -1.91. The fraction of sp³-hybridized carbons (Fsp3) is 0.368. The molecule has 0 saturated heterocycles. The number of amides is 2. The summed E-state index contributed by atoms with van der Waals surface area (Å²) in [5, 5.41) is 15.5. The molecule has 0 atom stereocenters. The summed E-state index contributed by atoms with van der Waals surface area (Å²) in [4.78, 5) is 45.9. The van der Waals surface area contributed by atoms with Crippen LogP contribution in [-0.2, 0) is 20.8 Å². The minimum Gasteiger partial charge on any atom is -0.548 e. The van der Waals surface area contributed by atoms with E-state index < -0.39 is 30.0 Å². The highest BCUT2D eigenvalue weighted by Gasteiger charge is 2.16. The van der Waals surface area contributed by atoms with Gasteiger partial charge in [-0.3, -0.25) is 9.59 Å². The first kappa shape index (κ1) is 20.9. The Kier molecular flexibility index (Phi) is 6.75. The van der Waals surface area contributed by atoms with Gasteiger partial charge < -0.3 is 29.7 Å². The molecular weight excluding hydrogens is 368 g/mol. The number of hydrogen-bond donors (Lipinski definition) is 2. The molecule has 9 nitrogen and oxygen atoms in total. The van der Waals surface area contributed by atoms with Crippen molar-refractivity contribution in [2.75, 3.05) is 20.2 Å². The summed E-state index contributed by atoms with van der Waals surface area (Å²) in [6.07, 6.45) is 0.113. The van der Waals surface area contributed by atoms with Crippen LogP contribution in [0.25, 0.3) is 11.0 Å². The van der Waals surface area contributed by atoms with Gasteiger partial charge in [0.1, 0.15) is 11.3 Å². The van der Waals surface area contributed by atoms with E-state index >= 15 is 0 Å². The highest BCUT2D eigenvalue weighted by molar-refractivity contribution is 5.87. The first-order chi connectivity index (χ1) is 13.2. The molecule has 2 amide bonds. The van der Waals surface area contributed by atoms with Gasteiger partial charge in [-0.15, -0.1) is 0 Å². The Labute approximate surface area is 160 Å². The summed E-state index contributed by atoms with van der Waals surface area (Å²) in [5.41, 5.74) is 1.73. The molecule has 2 N–H and O–H groups in total. The van der Waals surface area contributed by atoms with Crippen LogP contribution in [0.3, 0.4) is 0 Å². The van der Waals surface area contributed by atoms with Gasteiger partial charge in [0.05, 0.1) is 26.2 Å². The Morgan fingerprint density at radius 2 is 1.75 bits per heavy atom. The predicted octanol–water partition coefficient (Wildman–Crippen LogP) is -0.667. The fourth-order valence-corrected chi connectivity index (χ4v) is 2.82. The van der Waals surface area contributed by atoms with Crippen LogP contribution in [0.2, 0.25) is 0 Å². The van der Waals surface area contributed by atoms with E-state index in [-0.39, 0.29) is 19.4 Å². The van der Waals surface area contributed by atoms with Crippen molar-refractivity contribution in [1.82, 2.24) is 10.6 Å². The third-order valence-electron chi connectivity index (χ3n) is 4.35. The van der Waals surface area contributed by atoms with Gasteiger partial charge in [-0.1, -0.05) is 0 Å². The van der Waals surface area contributed by atoms with Gasteiger partial charge in [0.15, 0.2) is 0 Å². The Bertz CT molecular complexity index is 978. The van der Waals surface area contributed by atoms with Gasteiger partial charge in [0.2, 0.25) is 11.8 Å². The maximum absolute atomic E-state index is 12.4. The molecule has 0 unspecified atom stereocenters. The first-order valence-corrected chi connectivity index (χ1v) is 8.57. The Balaban J connectivity index is 2.06. The van der Waals surface area contributed by atoms with Gasteiger partial charge in [-0.25, -0.2) is 4.79 Å². The highest BCUT2D eigenvalue weighted by atomic mass is 16.5. The normalized spacial score (nSPS) is 10.5. The minimum absolute atomic E-state index is 0.0278. The zero-order valence-electron chi connectivity index (χ0n) is 15.8. The second kappa shape index (κ2) is 9.03. The number of aryl methyl sites for hydroxylation is 2. The number of aliphatic carboxylic acids is 1. The minimum atomic E-state index is -1.42. The van der Waals surface area contributed by atoms with Crippen molar-refractivity contribution >= 4 is 28.8 Å². The molecule has 0 saturated carbocycles. The molecule has 0 fully saturated rings. The average Bonchev–Trinajstić information content (AvgIpc) is 2.65. The Morgan fingerprint density at radius 1 is 1.07 bits per heavy atom. The number of nitrogens with one attached hydrogen (secondary N) is 2. The molecule has 0 radical (unpaired) electrons. The lowest BCUT2D eigenvalue weighted by Gasteiger charge is -2.11. The van der Waals surface area contributed by atoms with Crippen LogP contribution in [0.1, 0.15) is 23.1 Å². The molecule has 0 spiro atoms. The number of hydrogen-bond acceptors (Lipinski definition) is 7. The van der Waals surface area contributed by atoms with E-state index in [1.54, 1.807) is 26.0 Å². The number of carboxylic acid groups (broad SMARTS) is 1. The van der Waals surface area contributed by atoms with Gasteiger partial charge >= 0.3 is 5.63 Å². The lowest BCUT2D eigenvalue weighted by molar-refractivity contribution is -0.304. The van der Waals surface area contributed by atoms with Gasteiger partial charge in [-0.05, 0) is 38.0 Å². The molecule has 0 aliphatic heterocycles. The molecule has 1 heterocycles. The van der Waals surface area contributed by atoms with Crippen LogP contribution in [0.5, 0.6) is 5.75 Å². The molecule has 0 bridgehead atoms. The quantitative estimate of drug-likeness (QED) is 0.571. The first-order valence-electron chi connectivity index (χ1n) is 8.57. The zero-order valence-corrected chi connectivity index (χ0v) is 15.8. The summed E-state index contributed by atoms with van der Waals surface area (Å²) in [6.45, 7) is 2.58. The second-order valence-electron chi connectivity index (χ2n) is 6.19. The molecule has 150 valence electrons. The Hall–Kier alpha value is -3.36. The van der Waals surface area contributed by atoms with E-state index in [4.69, 9.17) is 9.15 Å². The van der Waals surface area contributed by atoms with Crippen LogP contribution in [0.15, 0.2) is 21.3 Å². The van der Waals surface area contributed by atoms with Crippen molar-refractivity contribution in [3.8, 4) is 5.75 Å².